The van der Waals surface area contributed by atoms with Crippen molar-refractivity contribution in [3.63, 3.8) is 0 Å². The molecule has 1 aromatic rings. The van der Waals surface area contributed by atoms with Crippen LogP contribution in [0.15, 0.2) is 28.7 Å². The average molecular weight is 284 g/mol. The highest BCUT2D eigenvalue weighted by atomic mass is 79.9. The number of carboxylic acid groups (broad SMARTS) is 1. The molecule has 0 bridgehead atoms. The van der Waals surface area contributed by atoms with Crippen LogP contribution in [-0.4, -0.2) is 17.0 Å². The zero-order chi connectivity index (χ0) is 11.9. The van der Waals surface area contributed by atoms with E-state index in [2.05, 4.69) is 15.9 Å². The van der Waals surface area contributed by atoms with Crippen LogP contribution < -0.4 is 5.73 Å². The van der Waals surface area contributed by atoms with E-state index in [4.69, 9.17) is 10.8 Å². The van der Waals surface area contributed by atoms with Gasteiger partial charge in [0.2, 0.25) is 5.91 Å². The third kappa shape index (κ3) is 1.51. The first-order chi connectivity index (χ1) is 7.48. The van der Waals surface area contributed by atoms with Gasteiger partial charge in [0, 0.05) is 10.4 Å². The van der Waals surface area contributed by atoms with Crippen LogP contribution in [0.3, 0.4) is 0 Å². The standard InChI is InChI=1S/C11H10BrNO3/c12-7-3-1-6(2-4-7)8-5-11(8,9(13)14)10(15)16/h1-4,8H,5H2,(H2,13,14)(H,15,16). The van der Waals surface area contributed by atoms with Gasteiger partial charge in [-0.1, -0.05) is 28.1 Å². The Morgan fingerprint density at radius 2 is 1.94 bits per heavy atom. The molecule has 2 unspecified atom stereocenters. The minimum Gasteiger partial charge on any atom is -0.480 e. The number of hydrogen-bond acceptors (Lipinski definition) is 2. The Hall–Kier alpha value is -1.36. The summed E-state index contributed by atoms with van der Waals surface area (Å²) in [5.74, 6) is -2.18. The number of hydrogen-bond donors (Lipinski definition) is 2. The molecule has 1 aliphatic carbocycles. The fourth-order valence-corrected chi connectivity index (χ4v) is 2.24. The molecule has 1 aliphatic rings. The van der Waals surface area contributed by atoms with E-state index < -0.39 is 17.3 Å². The number of carbonyl (C=O) groups is 2. The molecule has 0 aliphatic heterocycles. The van der Waals surface area contributed by atoms with Gasteiger partial charge in [-0.25, -0.2) is 0 Å². The van der Waals surface area contributed by atoms with Gasteiger partial charge in [-0.2, -0.15) is 0 Å². The number of nitrogens with two attached hydrogens (primary N) is 1. The SMILES string of the molecule is NC(=O)C1(C(=O)O)CC1c1ccc(Br)cc1. The van der Waals surface area contributed by atoms with Crippen molar-refractivity contribution in [1.29, 1.82) is 0 Å². The molecule has 4 nitrogen and oxygen atoms in total. The molecule has 2 atom stereocenters. The first-order valence-electron chi connectivity index (χ1n) is 4.77. The van der Waals surface area contributed by atoms with Crippen molar-refractivity contribution in [2.24, 2.45) is 11.1 Å². The van der Waals surface area contributed by atoms with Gasteiger partial charge in [0.1, 0.15) is 0 Å². The van der Waals surface area contributed by atoms with Crippen molar-refractivity contribution >= 4 is 27.8 Å². The number of rotatable bonds is 3. The van der Waals surface area contributed by atoms with E-state index in [1.165, 1.54) is 0 Å². The fourth-order valence-electron chi connectivity index (χ4n) is 1.97. The van der Waals surface area contributed by atoms with Gasteiger partial charge < -0.3 is 10.8 Å². The van der Waals surface area contributed by atoms with Crippen LogP contribution in [0.4, 0.5) is 0 Å². The second-order valence-electron chi connectivity index (χ2n) is 3.95. The summed E-state index contributed by atoms with van der Waals surface area (Å²) in [5.41, 5.74) is 4.60. The van der Waals surface area contributed by atoms with E-state index in [0.717, 1.165) is 10.0 Å². The third-order valence-corrected chi connectivity index (χ3v) is 3.58. The maximum absolute atomic E-state index is 11.2. The number of primary amides is 1. The number of halogens is 1. The highest BCUT2D eigenvalue weighted by Gasteiger charge is 2.65. The predicted octanol–water partition coefficient (Wildman–Crippen LogP) is 1.49. The van der Waals surface area contributed by atoms with E-state index in [0.29, 0.717) is 6.42 Å². The number of carboxylic acids is 1. The quantitative estimate of drug-likeness (QED) is 0.825. The molecule has 0 spiro atoms. The van der Waals surface area contributed by atoms with Crippen LogP contribution in [0.2, 0.25) is 0 Å². The van der Waals surface area contributed by atoms with Gasteiger partial charge in [-0.3, -0.25) is 9.59 Å². The molecule has 3 N–H and O–H groups in total. The van der Waals surface area contributed by atoms with Crippen molar-refractivity contribution < 1.29 is 14.7 Å². The maximum atomic E-state index is 11.2. The molecule has 5 heteroatoms. The molecular formula is C11H10BrNO3. The Bertz CT molecular complexity index is 441. The van der Waals surface area contributed by atoms with Gasteiger partial charge in [0.15, 0.2) is 5.41 Å². The van der Waals surface area contributed by atoms with Crippen molar-refractivity contribution in [1.82, 2.24) is 0 Å². The zero-order valence-electron chi connectivity index (χ0n) is 8.31. The summed E-state index contributed by atoms with van der Waals surface area (Å²) in [6.45, 7) is 0. The Kier molecular flexibility index (Phi) is 2.50. The van der Waals surface area contributed by atoms with Crippen LogP contribution in [0.1, 0.15) is 17.9 Å². The summed E-state index contributed by atoms with van der Waals surface area (Å²) in [6.07, 6.45) is 0.291. The van der Waals surface area contributed by atoms with Crippen molar-refractivity contribution in [2.75, 3.05) is 0 Å². The molecule has 1 fully saturated rings. The van der Waals surface area contributed by atoms with Crippen molar-refractivity contribution in [3.05, 3.63) is 34.3 Å². The number of amides is 1. The lowest BCUT2D eigenvalue weighted by Crippen LogP contribution is -2.33. The molecule has 0 radical (unpaired) electrons. The molecule has 1 amide bonds. The zero-order valence-corrected chi connectivity index (χ0v) is 9.90. The lowest BCUT2D eigenvalue weighted by atomic mass is 9.98. The molecule has 0 heterocycles. The predicted molar refractivity (Wildman–Crippen MR) is 60.8 cm³/mol. The van der Waals surface area contributed by atoms with Crippen LogP contribution in [0, 0.1) is 5.41 Å². The summed E-state index contributed by atoms with van der Waals surface area (Å²) in [7, 11) is 0. The minimum absolute atomic E-state index is 0.291. The molecule has 1 aromatic carbocycles. The summed E-state index contributed by atoms with van der Waals surface area (Å²) >= 11 is 3.29. The normalized spacial score (nSPS) is 27.4. The first kappa shape index (κ1) is 11.1. The molecule has 84 valence electrons. The molecule has 2 rings (SSSR count). The number of aliphatic carboxylic acids is 1. The monoisotopic (exact) mass is 283 g/mol. The van der Waals surface area contributed by atoms with E-state index in [-0.39, 0.29) is 5.92 Å². The summed E-state index contributed by atoms with van der Waals surface area (Å²) < 4.78 is 0.914. The second kappa shape index (κ2) is 3.59. The van der Waals surface area contributed by atoms with E-state index >= 15 is 0 Å². The van der Waals surface area contributed by atoms with Gasteiger partial charge in [-0.05, 0) is 24.1 Å². The van der Waals surface area contributed by atoms with Crippen LogP contribution in [0.5, 0.6) is 0 Å². The summed E-state index contributed by atoms with van der Waals surface area (Å²) in [5, 5.41) is 9.05. The van der Waals surface area contributed by atoms with E-state index in [9.17, 15) is 9.59 Å². The lowest BCUT2D eigenvalue weighted by molar-refractivity contribution is -0.148. The van der Waals surface area contributed by atoms with Gasteiger partial charge in [0.25, 0.3) is 0 Å². The topological polar surface area (TPSA) is 80.4 Å². The molecule has 0 saturated heterocycles. The van der Waals surface area contributed by atoms with Crippen LogP contribution in [-0.2, 0) is 9.59 Å². The Morgan fingerprint density at radius 1 is 1.38 bits per heavy atom. The molecule has 1 saturated carbocycles. The smallest absolute Gasteiger partial charge is 0.319 e. The minimum atomic E-state index is -1.40. The Morgan fingerprint density at radius 3 is 2.31 bits per heavy atom. The lowest BCUT2D eigenvalue weighted by Gasteiger charge is -2.07. The van der Waals surface area contributed by atoms with Crippen LogP contribution in [0.25, 0.3) is 0 Å². The fraction of sp³-hybridized carbons (Fsp3) is 0.273. The summed E-state index contributed by atoms with van der Waals surface area (Å²) in [6, 6.07) is 7.26. The molecule has 16 heavy (non-hydrogen) atoms. The largest absolute Gasteiger partial charge is 0.480 e. The van der Waals surface area contributed by atoms with Gasteiger partial charge in [0.05, 0.1) is 0 Å². The van der Waals surface area contributed by atoms with Crippen LogP contribution >= 0.6 is 15.9 Å². The third-order valence-electron chi connectivity index (χ3n) is 3.05. The highest BCUT2D eigenvalue weighted by molar-refractivity contribution is 9.10. The number of benzene rings is 1. The summed E-state index contributed by atoms with van der Waals surface area (Å²) in [4.78, 5) is 22.3. The van der Waals surface area contributed by atoms with Gasteiger partial charge >= 0.3 is 5.97 Å². The number of carbonyl (C=O) groups excluding carboxylic acids is 1. The van der Waals surface area contributed by atoms with Gasteiger partial charge in [-0.15, -0.1) is 0 Å². The van der Waals surface area contributed by atoms with E-state index in [1.807, 2.05) is 24.3 Å². The molecule has 0 aromatic heterocycles. The van der Waals surface area contributed by atoms with E-state index in [1.54, 1.807) is 0 Å². The first-order valence-corrected chi connectivity index (χ1v) is 5.56. The maximum Gasteiger partial charge on any atom is 0.319 e. The van der Waals surface area contributed by atoms with Crippen molar-refractivity contribution in [3.8, 4) is 0 Å². The Balaban J connectivity index is 2.30. The average Bonchev–Trinajstić information content (AvgIpc) is 2.95. The van der Waals surface area contributed by atoms with Crippen molar-refractivity contribution in [2.45, 2.75) is 12.3 Å². The second-order valence-corrected chi connectivity index (χ2v) is 4.86. The Labute approximate surface area is 101 Å². The molecular weight excluding hydrogens is 274 g/mol. The highest BCUT2D eigenvalue weighted by Crippen LogP contribution is 2.59.